The Labute approximate surface area is 200 Å². The Morgan fingerprint density at radius 3 is 2.66 bits per heavy atom. The molecule has 1 N–H and O–H groups in total. The van der Waals surface area contributed by atoms with Gasteiger partial charge in [0.15, 0.2) is 0 Å². The Kier molecular flexibility index (Phi) is 6.68. The van der Waals surface area contributed by atoms with Crippen molar-refractivity contribution in [2.75, 3.05) is 25.0 Å². The number of benzene rings is 1. The first-order valence-electron chi connectivity index (χ1n) is 11.3. The SMILES string of the molecule is C=CC(=O)N1CCCC(n2c(NC(=O)c3cccc(C(F)(F)F)c3)nc3c2CN(C(C)=O)CC3)C1. The molecule has 1 aromatic heterocycles. The van der Waals surface area contributed by atoms with E-state index in [0.717, 1.165) is 17.8 Å². The minimum Gasteiger partial charge on any atom is -0.337 e. The molecule has 0 bridgehead atoms. The molecule has 1 fully saturated rings. The van der Waals surface area contributed by atoms with E-state index in [1.54, 1.807) is 9.80 Å². The number of nitrogens with zero attached hydrogens (tertiary/aromatic N) is 4. The van der Waals surface area contributed by atoms with Crippen LogP contribution in [0.3, 0.4) is 0 Å². The van der Waals surface area contributed by atoms with Crippen LogP contribution in [0.5, 0.6) is 0 Å². The van der Waals surface area contributed by atoms with Gasteiger partial charge < -0.3 is 14.4 Å². The third-order valence-corrected chi connectivity index (χ3v) is 6.42. The summed E-state index contributed by atoms with van der Waals surface area (Å²) in [6.45, 7) is 6.73. The molecule has 1 unspecified atom stereocenters. The minimum atomic E-state index is -4.58. The number of imidazole rings is 1. The highest BCUT2D eigenvalue weighted by Crippen LogP contribution is 2.33. The first-order valence-corrected chi connectivity index (χ1v) is 11.3. The number of nitrogens with one attached hydrogen (secondary N) is 1. The van der Waals surface area contributed by atoms with Gasteiger partial charge in [-0.3, -0.25) is 19.7 Å². The van der Waals surface area contributed by atoms with Crippen molar-refractivity contribution in [2.24, 2.45) is 0 Å². The lowest BCUT2D eigenvalue weighted by molar-refractivity contribution is -0.137. The summed E-state index contributed by atoms with van der Waals surface area (Å²) in [7, 11) is 0. The lowest BCUT2D eigenvalue weighted by atomic mass is 10.0. The fourth-order valence-electron chi connectivity index (χ4n) is 4.64. The number of carbonyl (C=O) groups is 3. The van der Waals surface area contributed by atoms with E-state index in [9.17, 15) is 27.6 Å². The average molecular weight is 489 g/mol. The molecule has 3 amide bonds. The lowest BCUT2D eigenvalue weighted by Gasteiger charge is -2.35. The molecule has 1 atom stereocenters. The van der Waals surface area contributed by atoms with Crippen LogP contribution in [0, 0.1) is 0 Å². The third-order valence-electron chi connectivity index (χ3n) is 6.42. The summed E-state index contributed by atoms with van der Waals surface area (Å²) in [4.78, 5) is 45.2. The normalized spacial score (nSPS) is 18.1. The molecule has 1 aromatic carbocycles. The number of piperidine rings is 1. The Morgan fingerprint density at radius 2 is 1.97 bits per heavy atom. The van der Waals surface area contributed by atoms with Crippen molar-refractivity contribution in [2.45, 2.75) is 44.9 Å². The van der Waals surface area contributed by atoms with Crippen LogP contribution in [-0.4, -0.2) is 56.7 Å². The van der Waals surface area contributed by atoms with Gasteiger partial charge in [-0.2, -0.15) is 13.2 Å². The van der Waals surface area contributed by atoms with Crippen molar-refractivity contribution in [1.82, 2.24) is 19.4 Å². The zero-order valence-corrected chi connectivity index (χ0v) is 19.3. The van der Waals surface area contributed by atoms with E-state index in [1.807, 2.05) is 4.57 Å². The lowest BCUT2D eigenvalue weighted by Crippen LogP contribution is -2.41. The number of hydrogen-bond acceptors (Lipinski definition) is 4. The highest BCUT2D eigenvalue weighted by Gasteiger charge is 2.33. The maximum atomic E-state index is 13.1. The molecular weight excluding hydrogens is 463 g/mol. The monoisotopic (exact) mass is 489 g/mol. The van der Waals surface area contributed by atoms with E-state index in [1.165, 1.54) is 25.1 Å². The van der Waals surface area contributed by atoms with E-state index >= 15 is 0 Å². The van der Waals surface area contributed by atoms with Crippen LogP contribution in [0.4, 0.5) is 19.1 Å². The third kappa shape index (κ3) is 5.08. The van der Waals surface area contributed by atoms with Gasteiger partial charge in [0.2, 0.25) is 17.8 Å². The molecule has 35 heavy (non-hydrogen) atoms. The number of aromatic nitrogens is 2. The highest BCUT2D eigenvalue weighted by atomic mass is 19.4. The summed E-state index contributed by atoms with van der Waals surface area (Å²) < 4.78 is 41.2. The van der Waals surface area contributed by atoms with Gasteiger partial charge in [0, 0.05) is 38.5 Å². The number of carbonyl (C=O) groups excluding carboxylic acids is 3. The standard InChI is InChI=1S/C24H26F3N5O3/c1-3-21(34)31-10-5-8-18(13-31)32-20-14-30(15(2)33)11-9-19(20)28-23(32)29-22(35)16-6-4-7-17(12-16)24(25,26)27/h3-4,6-7,12,18H,1,5,8-11,13-14H2,2H3,(H,28,29,35). The smallest absolute Gasteiger partial charge is 0.337 e. The van der Waals surface area contributed by atoms with E-state index in [4.69, 9.17) is 0 Å². The number of hydrogen-bond donors (Lipinski definition) is 1. The van der Waals surface area contributed by atoms with Gasteiger partial charge in [0.05, 0.1) is 29.5 Å². The minimum absolute atomic E-state index is 0.0925. The van der Waals surface area contributed by atoms with Gasteiger partial charge in [-0.1, -0.05) is 12.6 Å². The van der Waals surface area contributed by atoms with E-state index < -0.39 is 17.6 Å². The summed E-state index contributed by atoms with van der Waals surface area (Å²) >= 11 is 0. The summed E-state index contributed by atoms with van der Waals surface area (Å²) in [6.07, 6.45) is -1.42. The molecule has 3 heterocycles. The molecule has 0 aliphatic carbocycles. The number of rotatable bonds is 4. The molecule has 2 aliphatic heterocycles. The van der Waals surface area contributed by atoms with E-state index in [2.05, 4.69) is 16.9 Å². The van der Waals surface area contributed by atoms with Gasteiger partial charge in [-0.05, 0) is 37.1 Å². The molecule has 0 saturated carbocycles. The van der Waals surface area contributed by atoms with Crippen molar-refractivity contribution < 1.29 is 27.6 Å². The molecule has 11 heteroatoms. The molecule has 2 aliphatic rings. The number of alkyl halides is 3. The number of halogens is 3. The number of fused-ring (bicyclic) bond motifs is 1. The Hall–Kier alpha value is -3.63. The molecule has 186 valence electrons. The van der Waals surface area contributed by atoms with Crippen molar-refractivity contribution in [3.05, 3.63) is 59.4 Å². The maximum Gasteiger partial charge on any atom is 0.416 e. The van der Waals surface area contributed by atoms with Crippen LogP contribution >= 0.6 is 0 Å². The molecule has 0 radical (unpaired) electrons. The first kappa shape index (κ1) is 24.5. The fourth-order valence-corrected chi connectivity index (χ4v) is 4.64. The van der Waals surface area contributed by atoms with Crippen molar-refractivity contribution >= 4 is 23.7 Å². The van der Waals surface area contributed by atoms with Crippen LogP contribution in [0.15, 0.2) is 36.9 Å². The van der Waals surface area contributed by atoms with E-state index in [0.29, 0.717) is 51.1 Å². The summed E-state index contributed by atoms with van der Waals surface area (Å²) in [5.41, 5.74) is 0.401. The molecule has 2 aromatic rings. The quantitative estimate of drug-likeness (QED) is 0.667. The van der Waals surface area contributed by atoms with Crippen LogP contribution < -0.4 is 5.32 Å². The summed E-state index contributed by atoms with van der Waals surface area (Å²) in [5.74, 6) is -0.827. The Morgan fingerprint density at radius 1 is 1.20 bits per heavy atom. The van der Waals surface area contributed by atoms with Crippen LogP contribution in [0.1, 0.15) is 53.1 Å². The molecule has 8 nitrogen and oxygen atoms in total. The Balaban J connectivity index is 1.69. The predicted molar refractivity (Wildman–Crippen MR) is 121 cm³/mol. The zero-order valence-electron chi connectivity index (χ0n) is 19.3. The van der Waals surface area contributed by atoms with Crippen LogP contribution in [-0.2, 0) is 28.7 Å². The van der Waals surface area contributed by atoms with Crippen molar-refractivity contribution in [3.8, 4) is 0 Å². The predicted octanol–water partition coefficient (Wildman–Crippen LogP) is 3.41. The summed E-state index contributed by atoms with van der Waals surface area (Å²) in [6, 6.07) is 3.96. The molecule has 1 saturated heterocycles. The second-order valence-electron chi connectivity index (χ2n) is 8.71. The van der Waals surface area contributed by atoms with Crippen molar-refractivity contribution in [3.63, 3.8) is 0 Å². The topological polar surface area (TPSA) is 87.5 Å². The number of amides is 3. The van der Waals surface area contributed by atoms with Gasteiger partial charge >= 0.3 is 6.18 Å². The van der Waals surface area contributed by atoms with Gasteiger partial charge in [0.1, 0.15) is 0 Å². The number of likely N-dealkylation sites (tertiary alicyclic amines) is 1. The summed E-state index contributed by atoms with van der Waals surface area (Å²) in [5, 5.41) is 2.68. The van der Waals surface area contributed by atoms with Crippen LogP contribution in [0.25, 0.3) is 0 Å². The fraction of sp³-hybridized carbons (Fsp3) is 0.417. The Bertz CT molecular complexity index is 1170. The van der Waals surface area contributed by atoms with Gasteiger partial charge in [-0.25, -0.2) is 4.98 Å². The molecule has 0 spiro atoms. The molecule has 4 rings (SSSR count). The largest absolute Gasteiger partial charge is 0.416 e. The maximum absolute atomic E-state index is 13.1. The zero-order chi connectivity index (χ0) is 25.3. The van der Waals surface area contributed by atoms with Gasteiger partial charge in [0.25, 0.3) is 5.91 Å². The molecular formula is C24H26F3N5O3. The van der Waals surface area contributed by atoms with Crippen LogP contribution in [0.2, 0.25) is 0 Å². The first-order chi connectivity index (χ1) is 16.6. The van der Waals surface area contributed by atoms with E-state index in [-0.39, 0.29) is 29.4 Å². The van der Waals surface area contributed by atoms with Gasteiger partial charge in [-0.15, -0.1) is 0 Å². The average Bonchev–Trinajstić information content (AvgIpc) is 3.20. The second kappa shape index (κ2) is 9.55. The second-order valence-corrected chi connectivity index (χ2v) is 8.71. The highest BCUT2D eigenvalue weighted by molar-refractivity contribution is 6.03. The van der Waals surface area contributed by atoms with Crippen molar-refractivity contribution in [1.29, 1.82) is 0 Å². The number of anilines is 1.